The highest BCUT2D eigenvalue weighted by molar-refractivity contribution is 7.19. The first kappa shape index (κ1) is 23.0. The molecule has 2 aliphatic rings. The van der Waals surface area contributed by atoms with Crippen molar-refractivity contribution >= 4 is 27.2 Å². The van der Waals surface area contributed by atoms with Crippen molar-refractivity contribution < 1.29 is 9.47 Å². The minimum Gasteiger partial charge on any atom is -0.497 e. The predicted molar refractivity (Wildman–Crippen MR) is 133 cm³/mol. The number of hydrogen-bond donors (Lipinski definition) is 1. The van der Waals surface area contributed by atoms with E-state index >= 15 is 0 Å². The molecule has 1 N–H and O–H groups in total. The van der Waals surface area contributed by atoms with E-state index in [4.69, 9.17) is 9.47 Å². The average molecular weight is 483 g/mol. The van der Waals surface area contributed by atoms with Crippen molar-refractivity contribution in [3.8, 4) is 5.75 Å². The summed E-state index contributed by atoms with van der Waals surface area (Å²) in [6.07, 6.45) is 2.63. The van der Waals surface area contributed by atoms with Crippen molar-refractivity contribution in [3.63, 3.8) is 0 Å². The molecule has 9 nitrogen and oxygen atoms in total. The van der Waals surface area contributed by atoms with Gasteiger partial charge in [0.15, 0.2) is 5.65 Å². The Hall–Kier alpha value is -2.79. The van der Waals surface area contributed by atoms with Gasteiger partial charge in [-0.05, 0) is 29.7 Å². The van der Waals surface area contributed by atoms with E-state index in [1.165, 1.54) is 21.3 Å². The van der Waals surface area contributed by atoms with Crippen LogP contribution in [-0.2, 0) is 24.2 Å². The number of fused-ring (bicyclic) bond motifs is 5. The summed E-state index contributed by atoms with van der Waals surface area (Å²) in [6.45, 7) is 5.82. The summed E-state index contributed by atoms with van der Waals surface area (Å²) < 4.78 is 14.5. The number of rotatable bonds is 5. The smallest absolute Gasteiger partial charge is 0.352 e. The zero-order chi connectivity index (χ0) is 22.4. The van der Waals surface area contributed by atoms with Gasteiger partial charge >= 0.3 is 5.69 Å². The molecule has 0 saturated carbocycles. The van der Waals surface area contributed by atoms with Gasteiger partial charge in [-0.1, -0.05) is 19.6 Å². The van der Waals surface area contributed by atoms with Gasteiger partial charge in [-0.15, -0.1) is 11.3 Å². The van der Waals surface area contributed by atoms with Gasteiger partial charge in [0, 0.05) is 37.6 Å². The van der Waals surface area contributed by atoms with Gasteiger partial charge in [0.2, 0.25) is 0 Å². The average Bonchev–Trinajstić information content (AvgIpc) is 3.47. The van der Waals surface area contributed by atoms with Crippen LogP contribution < -0.4 is 15.7 Å². The largest absolute Gasteiger partial charge is 0.497 e. The maximum absolute atomic E-state index is 13.3. The number of methoxy groups -OCH3 is 1. The molecule has 180 valence electrons. The third kappa shape index (κ3) is 4.00. The standard InChI is InChI=1S/C23H26N6O3S.CH4/c1-31-16-4-2-15(3-5-16)11-28-22-20(21-25-14-26-29(21)23(28)30)18-6-8-27(13-19(18)33-22)12-17-10-24-7-9-32-17;/h2-5,14,17,24H,6-13H2,1H3;1H4. The Balaban J connectivity index is 0.00000241. The van der Waals surface area contributed by atoms with Crippen LogP contribution >= 0.6 is 11.3 Å². The molecule has 1 unspecified atom stereocenters. The molecule has 4 aromatic rings. The zero-order valence-electron chi connectivity index (χ0n) is 18.5. The molecule has 3 aromatic heterocycles. The molecule has 2 aliphatic heterocycles. The Morgan fingerprint density at radius 2 is 2.15 bits per heavy atom. The SMILES string of the molecule is C.COc1ccc(Cn2c(=O)n3ncnc3c3c4c(sc32)CN(CC2CNCCO2)CC4)cc1. The van der Waals surface area contributed by atoms with Crippen molar-refractivity contribution in [3.05, 3.63) is 57.1 Å². The Labute approximate surface area is 201 Å². The van der Waals surface area contributed by atoms with Gasteiger partial charge in [0.25, 0.3) is 0 Å². The van der Waals surface area contributed by atoms with E-state index < -0.39 is 0 Å². The lowest BCUT2D eigenvalue weighted by atomic mass is 10.0. The number of benzene rings is 1. The Morgan fingerprint density at radius 3 is 2.91 bits per heavy atom. The summed E-state index contributed by atoms with van der Waals surface area (Å²) in [5.74, 6) is 0.798. The Morgan fingerprint density at radius 1 is 1.29 bits per heavy atom. The second-order valence-corrected chi connectivity index (χ2v) is 9.66. The second-order valence-electron chi connectivity index (χ2n) is 8.58. The number of nitrogens with one attached hydrogen (secondary N) is 1. The summed E-state index contributed by atoms with van der Waals surface area (Å²) in [5.41, 5.74) is 2.83. The summed E-state index contributed by atoms with van der Waals surface area (Å²) in [7, 11) is 1.65. The fourth-order valence-corrected chi connectivity index (χ4v) is 6.23. The lowest BCUT2D eigenvalue weighted by molar-refractivity contribution is 0.00329. The molecule has 1 atom stereocenters. The van der Waals surface area contributed by atoms with Gasteiger partial charge in [-0.3, -0.25) is 9.47 Å². The molecule has 10 heteroatoms. The minimum absolute atomic E-state index is 0. The van der Waals surface area contributed by atoms with Crippen molar-refractivity contribution in [2.45, 2.75) is 33.0 Å². The fourth-order valence-electron chi connectivity index (χ4n) is 4.85. The molecule has 1 aromatic carbocycles. The third-order valence-corrected chi connectivity index (χ3v) is 7.75. The molecule has 0 aliphatic carbocycles. The van der Waals surface area contributed by atoms with E-state index in [1.807, 2.05) is 28.8 Å². The van der Waals surface area contributed by atoms with Gasteiger partial charge in [0.1, 0.15) is 16.9 Å². The minimum atomic E-state index is -0.164. The molecule has 0 radical (unpaired) electrons. The van der Waals surface area contributed by atoms with Gasteiger partial charge < -0.3 is 14.8 Å². The number of ether oxygens (including phenoxy) is 2. The monoisotopic (exact) mass is 482 g/mol. The first-order valence-electron chi connectivity index (χ1n) is 11.3. The van der Waals surface area contributed by atoms with Crippen molar-refractivity contribution in [1.82, 2.24) is 29.4 Å². The van der Waals surface area contributed by atoms with Crippen LogP contribution in [0.15, 0.2) is 35.4 Å². The van der Waals surface area contributed by atoms with Crippen molar-refractivity contribution in [2.24, 2.45) is 0 Å². The quantitative estimate of drug-likeness (QED) is 0.466. The van der Waals surface area contributed by atoms with Crippen LogP contribution in [0, 0.1) is 0 Å². The highest BCUT2D eigenvalue weighted by atomic mass is 32.1. The summed E-state index contributed by atoms with van der Waals surface area (Å²) in [5, 5.41) is 8.72. The lowest BCUT2D eigenvalue weighted by Gasteiger charge is -2.32. The van der Waals surface area contributed by atoms with E-state index in [-0.39, 0.29) is 19.2 Å². The Kier molecular flexibility index (Phi) is 6.39. The van der Waals surface area contributed by atoms with Gasteiger partial charge in [-0.2, -0.15) is 9.61 Å². The van der Waals surface area contributed by atoms with E-state index in [0.29, 0.717) is 12.2 Å². The summed E-state index contributed by atoms with van der Waals surface area (Å²) in [6, 6.07) is 7.84. The maximum Gasteiger partial charge on any atom is 0.352 e. The summed E-state index contributed by atoms with van der Waals surface area (Å²) >= 11 is 1.71. The first-order valence-corrected chi connectivity index (χ1v) is 12.1. The van der Waals surface area contributed by atoms with Crippen LogP contribution in [0.5, 0.6) is 5.75 Å². The highest BCUT2D eigenvalue weighted by Gasteiger charge is 2.27. The van der Waals surface area contributed by atoms with Crippen LogP contribution in [-0.4, -0.2) is 70.1 Å². The van der Waals surface area contributed by atoms with Crippen LogP contribution in [0.1, 0.15) is 23.4 Å². The third-order valence-electron chi connectivity index (χ3n) is 6.51. The fraction of sp³-hybridized carbons (Fsp3) is 0.458. The molecule has 5 heterocycles. The van der Waals surface area contributed by atoms with E-state index in [1.54, 1.807) is 18.4 Å². The van der Waals surface area contributed by atoms with Crippen molar-refractivity contribution in [2.75, 3.05) is 39.9 Å². The molecular formula is C24H30N6O3S. The highest BCUT2D eigenvalue weighted by Crippen LogP contribution is 2.36. The Bertz CT molecular complexity index is 1350. The van der Waals surface area contributed by atoms with Crippen LogP contribution in [0.2, 0.25) is 0 Å². The van der Waals surface area contributed by atoms with Crippen molar-refractivity contribution in [1.29, 1.82) is 0 Å². The first-order chi connectivity index (χ1) is 16.2. The lowest BCUT2D eigenvalue weighted by Crippen LogP contribution is -2.46. The molecular weight excluding hydrogens is 452 g/mol. The van der Waals surface area contributed by atoms with Crippen LogP contribution in [0.3, 0.4) is 0 Å². The number of thiophene rings is 1. The number of aromatic nitrogens is 4. The molecule has 0 spiro atoms. The van der Waals surface area contributed by atoms with E-state index in [2.05, 4.69) is 20.3 Å². The maximum atomic E-state index is 13.3. The second kappa shape index (κ2) is 9.46. The molecule has 1 saturated heterocycles. The molecule has 0 amide bonds. The summed E-state index contributed by atoms with van der Waals surface area (Å²) in [4.78, 5) is 22.5. The number of hydrogen-bond acceptors (Lipinski definition) is 8. The van der Waals surface area contributed by atoms with Crippen LogP contribution in [0.4, 0.5) is 0 Å². The molecule has 1 fully saturated rings. The van der Waals surface area contributed by atoms with Crippen LogP contribution in [0.25, 0.3) is 15.9 Å². The molecule has 6 rings (SSSR count). The van der Waals surface area contributed by atoms with Gasteiger partial charge in [0.05, 0.1) is 31.8 Å². The molecule has 0 bridgehead atoms. The zero-order valence-corrected chi connectivity index (χ0v) is 19.3. The van der Waals surface area contributed by atoms with E-state index in [0.717, 1.165) is 67.3 Å². The van der Waals surface area contributed by atoms with E-state index in [9.17, 15) is 4.79 Å². The predicted octanol–water partition coefficient (Wildman–Crippen LogP) is 2.15. The number of morpholine rings is 1. The normalized spacial score (nSPS) is 18.7. The number of nitrogens with zero attached hydrogens (tertiary/aromatic N) is 5. The molecule has 34 heavy (non-hydrogen) atoms. The van der Waals surface area contributed by atoms with Gasteiger partial charge in [-0.25, -0.2) is 9.78 Å². The topological polar surface area (TPSA) is 85.9 Å².